The minimum Gasteiger partial charge on any atom is -0.477 e. The highest BCUT2D eigenvalue weighted by molar-refractivity contribution is 5.93. The monoisotopic (exact) mass is 316 g/mol. The largest absolute Gasteiger partial charge is 0.477 e. The molecule has 118 valence electrons. The lowest BCUT2D eigenvalue weighted by Gasteiger charge is -2.13. The highest BCUT2D eigenvalue weighted by atomic mass is 19.1. The highest BCUT2D eigenvalue weighted by Gasteiger charge is 2.17. The van der Waals surface area contributed by atoms with Crippen LogP contribution in [0.15, 0.2) is 47.7 Å². The van der Waals surface area contributed by atoms with Gasteiger partial charge in [0.25, 0.3) is 0 Å². The number of pyridine rings is 1. The maximum Gasteiger partial charge on any atom is 0.341 e. The minimum atomic E-state index is -1.39. The summed E-state index contributed by atoms with van der Waals surface area (Å²) in [6.45, 7) is -0.152. The van der Waals surface area contributed by atoms with Gasteiger partial charge in [0.15, 0.2) is 0 Å². The predicted octanol–water partition coefficient (Wildman–Crippen LogP) is 1.62. The molecular formula is C16H13FN2O4. The van der Waals surface area contributed by atoms with E-state index in [0.717, 1.165) is 6.07 Å². The van der Waals surface area contributed by atoms with Crippen molar-refractivity contribution in [2.24, 2.45) is 0 Å². The third-order valence-corrected chi connectivity index (χ3v) is 3.60. The van der Waals surface area contributed by atoms with E-state index >= 15 is 0 Å². The van der Waals surface area contributed by atoms with Crippen molar-refractivity contribution in [3.05, 3.63) is 64.5 Å². The van der Waals surface area contributed by atoms with Gasteiger partial charge in [0.1, 0.15) is 11.4 Å². The van der Waals surface area contributed by atoms with Crippen molar-refractivity contribution in [2.45, 2.75) is 6.54 Å². The average molecular weight is 316 g/mol. The lowest BCUT2D eigenvalue weighted by Crippen LogP contribution is -2.20. The number of aliphatic hydroxyl groups excluding tert-OH is 1. The van der Waals surface area contributed by atoms with E-state index in [2.05, 4.69) is 0 Å². The lowest BCUT2D eigenvalue weighted by molar-refractivity contribution is 0.0694. The number of aromatic nitrogens is 2. The van der Waals surface area contributed by atoms with Crippen LogP contribution in [0.25, 0.3) is 16.6 Å². The Hall–Kier alpha value is -2.93. The molecular weight excluding hydrogens is 303 g/mol. The van der Waals surface area contributed by atoms with Gasteiger partial charge >= 0.3 is 5.97 Å². The molecule has 0 atom stereocenters. The van der Waals surface area contributed by atoms with Crippen molar-refractivity contribution in [3.8, 4) is 5.69 Å². The molecule has 1 aromatic carbocycles. The van der Waals surface area contributed by atoms with Crippen LogP contribution in [0.2, 0.25) is 0 Å². The number of benzene rings is 1. The molecule has 2 heterocycles. The molecule has 23 heavy (non-hydrogen) atoms. The molecule has 2 aromatic heterocycles. The SMILES string of the molecule is O=C(O)c1cn(CCO)c2cc(-n3cccc3)c(F)cc2c1=O. The minimum absolute atomic E-state index is 0.0354. The van der Waals surface area contributed by atoms with E-state index in [1.807, 2.05) is 0 Å². The van der Waals surface area contributed by atoms with Crippen LogP contribution in [0.5, 0.6) is 0 Å². The van der Waals surface area contributed by atoms with Gasteiger partial charge in [0.05, 0.1) is 17.8 Å². The third-order valence-electron chi connectivity index (χ3n) is 3.60. The van der Waals surface area contributed by atoms with Gasteiger partial charge in [-0.3, -0.25) is 4.79 Å². The number of carboxylic acids is 1. The molecule has 2 N–H and O–H groups in total. The summed E-state index contributed by atoms with van der Waals surface area (Å²) < 4.78 is 17.3. The van der Waals surface area contributed by atoms with Crippen LogP contribution in [0, 0.1) is 5.82 Å². The molecule has 0 amide bonds. The standard InChI is InChI=1S/C16H13FN2O4/c17-12-7-10-13(8-14(12)18-3-1-2-4-18)19(5-6-20)9-11(15(10)21)16(22)23/h1-4,7-9,20H,5-6H2,(H,22,23). The molecule has 0 spiro atoms. The normalized spacial score (nSPS) is 11.0. The molecule has 0 saturated carbocycles. The van der Waals surface area contributed by atoms with Crippen molar-refractivity contribution in [3.63, 3.8) is 0 Å². The van der Waals surface area contributed by atoms with Gasteiger partial charge in [0, 0.05) is 30.5 Å². The van der Waals surface area contributed by atoms with Crippen LogP contribution in [0.1, 0.15) is 10.4 Å². The molecule has 3 aromatic rings. The molecule has 0 radical (unpaired) electrons. The summed E-state index contributed by atoms with van der Waals surface area (Å²) in [7, 11) is 0. The van der Waals surface area contributed by atoms with Gasteiger partial charge in [0.2, 0.25) is 5.43 Å². The van der Waals surface area contributed by atoms with E-state index < -0.39 is 22.8 Å². The number of carbonyl (C=O) groups is 1. The Kier molecular flexibility index (Phi) is 3.71. The predicted molar refractivity (Wildman–Crippen MR) is 81.5 cm³/mol. The molecule has 0 fully saturated rings. The summed E-state index contributed by atoms with van der Waals surface area (Å²) in [6, 6.07) is 5.97. The number of aliphatic hydroxyl groups is 1. The van der Waals surface area contributed by atoms with Crippen LogP contribution in [0.3, 0.4) is 0 Å². The molecule has 0 bridgehead atoms. The van der Waals surface area contributed by atoms with E-state index in [-0.39, 0.29) is 24.2 Å². The van der Waals surface area contributed by atoms with E-state index in [1.54, 1.807) is 29.1 Å². The zero-order chi connectivity index (χ0) is 16.6. The topological polar surface area (TPSA) is 84.5 Å². The quantitative estimate of drug-likeness (QED) is 0.766. The fourth-order valence-electron chi connectivity index (χ4n) is 2.54. The Morgan fingerprint density at radius 2 is 1.91 bits per heavy atom. The summed E-state index contributed by atoms with van der Waals surface area (Å²) >= 11 is 0. The number of aromatic carboxylic acids is 1. The number of nitrogens with zero attached hydrogens (tertiary/aromatic N) is 2. The Morgan fingerprint density at radius 3 is 2.52 bits per heavy atom. The Labute approximate surface area is 129 Å². The maximum absolute atomic E-state index is 14.3. The second-order valence-electron chi connectivity index (χ2n) is 5.01. The zero-order valence-corrected chi connectivity index (χ0v) is 11.9. The van der Waals surface area contributed by atoms with Gasteiger partial charge in [-0.25, -0.2) is 9.18 Å². The first-order valence-corrected chi connectivity index (χ1v) is 6.87. The highest BCUT2D eigenvalue weighted by Crippen LogP contribution is 2.21. The lowest BCUT2D eigenvalue weighted by atomic mass is 10.1. The number of halogens is 1. The van der Waals surface area contributed by atoms with E-state index in [0.29, 0.717) is 5.52 Å². The fourth-order valence-corrected chi connectivity index (χ4v) is 2.54. The summed E-state index contributed by atoms with van der Waals surface area (Å²) in [5.74, 6) is -2.03. The molecule has 3 rings (SSSR count). The Bertz CT molecular complexity index is 945. The second-order valence-corrected chi connectivity index (χ2v) is 5.01. The molecule has 0 unspecified atom stereocenters. The van der Waals surface area contributed by atoms with Gasteiger partial charge in [-0.1, -0.05) is 0 Å². The smallest absolute Gasteiger partial charge is 0.341 e. The first kappa shape index (κ1) is 15.0. The number of fused-ring (bicyclic) bond motifs is 1. The number of rotatable bonds is 4. The van der Waals surface area contributed by atoms with Crippen LogP contribution in [0.4, 0.5) is 4.39 Å². The first-order valence-electron chi connectivity index (χ1n) is 6.87. The summed E-state index contributed by atoms with van der Waals surface area (Å²) in [5, 5.41) is 18.2. The number of carboxylic acid groups (broad SMARTS) is 1. The molecule has 0 aliphatic carbocycles. The molecule has 0 aliphatic rings. The molecule has 0 aliphatic heterocycles. The third kappa shape index (κ3) is 2.51. The van der Waals surface area contributed by atoms with E-state index in [9.17, 15) is 14.0 Å². The fraction of sp³-hybridized carbons (Fsp3) is 0.125. The summed E-state index contributed by atoms with van der Waals surface area (Å²) in [4.78, 5) is 23.4. The van der Waals surface area contributed by atoms with Crippen LogP contribution < -0.4 is 5.43 Å². The maximum atomic E-state index is 14.3. The Morgan fingerprint density at radius 1 is 1.22 bits per heavy atom. The van der Waals surface area contributed by atoms with Crippen molar-refractivity contribution >= 4 is 16.9 Å². The first-order chi connectivity index (χ1) is 11.0. The van der Waals surface area contributed by atoms with Gasteiger partial charge in [-0.2, -0.15) is 0 Å². The van der Waals surface area contributed by atoms with Crippen LogP contribution in [-0.2, 0) is 6.54 Å². The number of hydrogen-bond donors (Lipinski definition) is 2. The van der Waals surface area contributed by atoms with Gasteiger partial charge in [-0.15, -0.1) is 0 Å². The van der Waals surface area contributed by atoms with Gasteiger partial charge in [-0.05, 0) is 24.3 Å². The van der Waals surface area contributed by atoms with Crippen molar-refractivity contribution in [1.29, 1.82) is 0 Å². The second kappa shape index (κ2) is 5.69. The molecule has 0 saturated heterocycles. The van der Waals surface area contributed by atoms with Crippen LogP contribution in [-0.4, -0.2) is 31.9 Å². The summed E-state index contributed by atoms with van der Waals surface area (Å²) in [5.41, 5.74) is -0.616. The van der Waals surface area contributed by atoms with Gasteiger partial charge < -0.3 is 19.3 Å². The van der Waals surface area contributed by atoms with E-state index in [1.165, 1.54) is 16.8 Å². The Balaban J connectivity index is 2.38. The van der Waals surface area contributed by atoms with Crippen molar-refractivity contribution in [2.75, 3.05) is 6.61 Å². The summed E-state index contributed by atoms with van der Waals surface area (Å²) in [6.07, 6.45) is 4.48. The van der Waals surface area contributed by atoms with Crippen molar-refractivity contribution in [1.82, 2.24) is 9.13 Å². The molecule has 7 heteroatoms. The average Bonchev–Trinajstić information content (AvgIpc) is 3.03. The zero-order valence-electron chi connectivity index (χ0n) is 11.9. The van der Waals surface area contributed by atoms with E-state index in [4.69, 9.17) is 10.2 Å². The van der Waals surface area contributed by atoms with Crippen molar-refractivity contribution < 1.29 is 19.4 Å². The number of hydrogen-bond acceptors (Lipinski definition) is 3. The van der Waals surface area contributed by atoms with Crippen LogP contribution >= 0.6 is 0 Å². The molecule has 6 nitrogen and oxygen atoms in total.